The minimum absolute atomic E-state index is 0.0515. The van der Waals surface area contributed by atoms with E-state index in [1.807, 2.05) is 44.2 Å². The van der Waals surface area contributed by atoms with E-state index in [0.29, 0.717) is 18.8 Å². The van der Waals surface area contributed by atoms with Crippen molar-refractivity contribution in [1.29, 1.82) is 0 Å². The summed E-state index contributed by atoms with van der Waals surface area (Å²) in [5.74, 6) is -0.116. The van der Waals surface area contributed by atoms with E-state index >= 15 is 0 Å². The summed E-state index contributed by atoms with van der Waals surface area (Å²) in [5, 5.41) is 10.8. The normalized spacial score (nSPS) is 10.6. The van der Waals surface area contributed by atoms with Crippen LogP contribution in [0.1, 0.15) is 24.5 Å². The van der Waals surface area contributed by atoms with Crippen LogP contribution in [0.15, 0.2) is 60.7 Å². The predicted octanol–water partition coefficient (Wildman–Crippen LogP) is 5.28. The minimum Gasteiger partial charge on any atom is -0.426 e. The number of non-ortho nitro benzene ring substituents is 1. The minimum atomic E-state index is -0.495. The molecule has 0 bridgehead atoms. The molecule has 7 heteroatoms. The number of aryl methyl sites for hydroxylation is 2. The van der Waals surface area contributed by atoms with Crippen LogP contribution < -0.4 is 15.4 Å². The molecule has 0 aliphatic heterocycles. The molecule has 3 aromatic carbocycles. The number of ether oxygens (including phenoxy) is 1. The van der Waals surface area contributed by atoms with Gasteiger partial charge >= 0.3 is 5.97 Å². The molecular weight excluding hydrogens is 406 g/mol. The topological polar surface area (TPSA) is 98.7 Å². The molecule has 0 aromatic heterocycles. The summed E-state index contributed by atoms with van der Waals surface area (Å²) in [6, 6.07) is 17.5. The number of carbonyl (C=O) groups excluding carboxylic acids is 1. The Morgan fingerprint density at radius 3 is 2.22 bits per heavy atom. The van der Waals surface area contributed by atoms with Crippen LogP contribution in [0.3, 0.4) is 0 Å². The first-order valence-corrected chi connectivity index (χ1v) is 10.5. The van der Waals surface area contributed by atoms with Crippen molar-refractivity contribution in [3.8, 4) is 16.9 Å². The van der Waals surface area contributed by atoms with E-state index in [4.69, 9.17) is 10.5 Å². The molecule has 32 heavy (non-hydrogen) atoms. The molecule has 0 fully saturated rings. The van der Waals surface area contributed by atoms with Crippen molar-refractivity contribution in [1.82, 2.24) is 0 Å². The summed E-state index contributed by atoms with van der Waals surface area (Å²) < 4.78 is 5.35. The second-order valence-electron chi connectivity index (χ2n) is 7.56. The van der Waals surface area contributed by atoms with Gasteiger partial charge in [-0.05, 0) is 56.2 Å². The first kappa shape index (κ1) is 22.8. The molecule has 0 aliphatic carbocycles. The lowest BCUT2D eigenvalue weighted by Gasteiger charge is -2.27. The van der Waals surface area contributed by atoms with E-state index in [1.165, 1.54) is 24.3 Å². The highest BCUT2D eigenvalue weighted by Crippen LogP contribution is 2.39. The zero-order valence-corrected chi connectivity index (χ0v) is 18.5. The second-order valence-corrected chi connectivity index (χ2v) is 7.56. The largest absolute Gasteiger partial charge is 0.426 e. The number of nitrogen functional groups attached to an aromatic ring is 1. The van der Waals surface area contributed by atoms with E-state index in [9.17, 15) is 14.9 Å². The second kappa shape index (κ2) is 9.96. The third-order valence-electron chi connectivity index (χ3n) is 5.39. The quantitative estimate of drug-likeness (QED) is 0.171. The van der Waals surface area contributed by atoms with Crippen molar-refractivity contribution >= 4 is 23.0 Å². The van der Waals surface area contributed by atoms with Crippen LogP contribution in [0.5, 0.6) is 5.75 Å². The van der Waals surface area contributed by atoms with Crippen molar-refractivity contribution in [3.63, 3.8) is 0 Å². The summed E-state index contributed by atoms with van der Waals surface area (Å²) in [4.78, 5) is 24.8. The van der Waals surface area contributed by atoms with Gasteiger partial charge in [0, 0.05) is 47.7 Å². The third-order valence-corrected chi connectivity index (χ3v) is 5.39. The maximum absolute atomic E-state index is 12.4. The Bertz CT molecular complexity index is 1110. The van der Waals surface area contributed by atoms with Gasteiger partial charge in [0.1, 0.15) is 5.75 Å². The van der Waals surface area contributed by atoms with Crippen LogP contribution in [0.2, 0.25) is 0 Å². The van der Waals surface area contributed by atoms with Crippen LogP contribution in [0, 0.1) is 24.0 Å². The molecule has 0 saturated heterocycles. The molecular formula is C25H27N3O4. The van der Waals surface area contributed by atoms with Crippen molar-refractivity contribution < 1.29 is 14.5 Å². The Morgan fingerprint density at radius 1 is 1.00 bits per heavy atom. The highest BCUT2D eigenvalue weighted by molar-refractivity contribution is 5.90. The molecule has 2 N–H and O–H groups in total. The summed E-state index contributed by atoms with van der Waals surface area (Å²) in [6.45, 7) is 7.30. The predicted molar refractivity (Wildman–Crippen MR) is 127 cm³/mol. The van der Waals surface area contributed by atoms with Gasteiger partial charge in [-0.1, -0.05) is 24.3 Å². The van der Waals surface area contributed by atoms with Gasteiger partial charge in [-0.3, -0.25) is 14.9 Å². The standard InChI is InChI=1S/C25H27N3O4/c1-4-27(16-15-23(29)32-20-13-11-19(12-14-20)28(30)31)22-10-6-8-18(3)25(22)24-17(2)7-5-9-21(24)26/h5-14H,4,15-16,26H2,1-3H3. The Balaban J connectivity index is 1.78. The van der Waals surface area contributed by atoms with Crippen molar-refractivity contribution in [2.45, 2.75) is 27.2 Å². The molecule has 0 unspecified atom stereocenters. The fourth-order valence-electron chi connectivity index (χ4n) is 3.77. The summed E-state index contributed by atoms with van der Waals surface area (Å²) in [5.41, 5.74) is 12.3. The lowest BCUT2D eigenvalue weighted by Crippen LogP contribution is -2.27. The van der Waals surface area contributed by atoms with Crippen LogP contribution in [0.4, 0.5) is 17.1 Å². The number of rotatable bonds is 8. The molecule has 7 nitrogen and oxygen atoms in total. The molecule has 166 valence electrons. The smallest absolute Gasteiger partial charge is 0.312 e. The SMILES string of the molecule is CCN(CCC(=O)Oc1ccc([N+](=O)[O-])cc1)c1cccc(C)c1-c1c(C)cccc1N. The number of nitrogens with zero attached hydrogens (tertiary/aromatic N) is 2. The van der Waals surface area contributed by atoms with Crippen molar-refractivity contribution in [3.05, 3.63) is 81.9 Å². The first-order valence-electron chi connectivity index (χ1n) is 10.5. The monoisotopic (exact) mass is 433 g/mol. The third kappa shape index (κ3) is 5.06. The van der Waals surface area contributed by atoms with E-state index in [2.05, 4.69) is 17.9 Å². The van der Waals surface area contributed by atoms with Crippen molar-refractivity contribution in [2.75, 3.05) is 23.7 Å². The van der Waals surface area contributed by atoms with Gasteiger partial charge in [-0.15, -0.1) is 0 Å². The number of esters is 1. The fourth-order valence-corrected chi connectivity index (χ4v) is 3.77. The number of benzene rings is 3. The number of hydrogen-bond donors (Lipinski definition) is 1. The van der Waals surface area contributed by atoms with Crippen LogP contribution in [-0.2, 0) is 4.79 Å². The molecule has 0 heterocycles. The number of hydrogen-bond acceptors (Lipinski definition) is 6. The highest BCUT2D eigenvalue weighted by Gasteiger charge is 2.18. The molecule has 3 aromatic rings. The van der Waals surface area contributed by atoms with Gasteiger partial charge in [0.2, 0.25) is 0 Å². The van der Waals surface area contributed by atoms with E-state index in [0.717, 1.165) is 27.9 Å². The first-order chi connectivity index (χ1) is 15.3. The molecule has 3 rings (SSSR count). The Morgan fingerprint density at radius 2 is 1.62 bits per heavy atom. The van der Waals surface area contributed by atoms with Crippen LogP contribution in [-0.4, -0.2) is 24.0 Å². The van der Waals surface area contributed by atoms with E-state index in [1.54, 1.807) is 0 Å². The number of nitro benzene ring substituents is 1. The molecule has 0 aliphatic rings. The zero-order valence-electron chi connectivity index (χ0n) is 18.5. The average Bonchev–Trinajstić information content (AvgIpc) is 2.76. The average molecular weight is 434 g/mol. The lowest BCUT2D eigenvalue weighted by molar-refractivity contribution is -0.384. The zero-order chi connectivity index (χ0) is 23.3. The number of anilines is 2. The van der Waals surface area contributed by atoms with E-state index in [-0.39, 0.29) is 17.9 Å². The Hall–Kier alpha value is -3.87. The highest BCUT2D eigenvalue weighted by atomic mass is 16.6. The molecule has 0 atom stereocenters. The maximum atomic E-state index is 12.4. The number of carbonyl (C=O) groups is 1. The molecule has 0 saturated carbocycles. The lowest BCUT2D eigenvalue weighted by atomic mass is 9.93. The van der Waals surface area contributed by atoms with E-state index < -0.39 is 10.9 Å². The number of nitrogens with two attached hydrogens (primary N) is 1. The summed E-state index contributed by atoms with van der Waals surface area (Å²) in [7, 11) is 0. The molecule has 0 radical (unpaired) electrons. The molecule has 0 amide bonds. The van der Waals surface area contributed by atoms with Gasteiger partial charge in [0.15, 0.2) is 0 Å². The van der Waals surface area contributed by atoms with Gasteiger partial charge in [-0.25, -0.2) is 0 Å². The van der Waals surface area contributed by atoms with Gasteiger partial charge in [0.25, 0.3) is 5.69 Å². The Kier molecular flexibility index (Phi) is 7.10. The summed E-state index contributed by atoms with van der Waals surface area (Å²) >= 11 is 0. The Labute approximate surface area is 187 Å². The molecule has 0 spiro atoms. The number of nitro groups is 1. The fraction of sp³-hybridized carbons (Fsp3) is 0.240. The van der Waals surface area contributed by atoms with Gasteiger partial charge < -0.3 is 15.4 Å². The summed E-state index contributed by atoms with van der Waals surface area (Å²) in [6.07, 6.45) is 0.168. The maximum Gasteiger partial charge on any atom is 0.312 e. The van der Waals surface area contributed by atoms with Crippen molar-refractivity contribution in [2.24, 2.45) is 0 Å². The van der Waals surface area contributed by atoms with Crippen LogP contribution in [0.25, 0.3) is 11.1 Å². The van der Waals surface area contributed by atoms with Crippen LogP contribution >= 0.6 is 0 Å². The van der Waals surface area contributed by atoms with Gasteiger partial charge in [0.05, 0.1) is 11.3 Å². The van der Waals surface area contributed by atoms with Gasteiger partial charge in [-0.2, -0.15) is 0 Å².